The van der Waals surface area contributed by atoms with Crippen LogP contribution in [0.5, 0.6) is 11.5 Å². The van der Waals surface area contributed by atoms with E-state index in [9.17, 15) is 18.0 Å². The van der Waals surface area contributed by atoms with Crippen LogP contribution in [0, 0.1) is 0 Å². The second-order valence-corrected chi connectivity index (χ2v) is 13.3. The van der Waals surface area contributed by atoms with Gasteiger partial charge in [0.05, 0.1) is 24.8 Å². The number of hydrogen-bond donors (Lipinski definition) is 1. The molecule has 3 aromatic rings. The molecule has 230 valence electrons. The van der Waals surface area contributed by atoms with Crippen molar-refractivity contribution >= 4 is 43.5 Å². The second-order valence-electron chi connectivity index (χ2n) is 10.5. The van der Waals surface area contributed by atoms with Gasteiger partial charge in [-0.2, -0.15) is 0 Å². The number of anilines is 1. The lowest BCUT2D eigenvalue weighted by molar-refractivity contribution is -0.139. The Labute approximate surface area is 262 Å². The molecule has 0 spiro atoms. The number of rotatable bonds is 12. The van der Waals surface area contributed by atoms with Crippen molar-refractivity contribution < 1.29 is 27.5 Å². The van der Waals surface area contributed by atoms with E-state index in [1.807, 2.05) is 24.3 Å². The molecule has 3 aromatic carbocycles. The molecule has 0 radical (unpaired) electrons. The predicted molar refractivity (Wildman–Crippen MR) is 170 cm³/mol. The Hall–Kier alpha value is -3.57. The SMILES string of the molecule is COc1ccc(OC)c(N(CC(=O)N(Cc2ccc(Br)cc2)[C@H](C)C(=O)NC2CCCCC2)S(=O)(=O)c2ccccc2)c1. The highest BCUT2D eigenvalue weighted by Crippen LogP contribution is 2.36. The lowest BCUT2D eigenvalue weighted by Gasteiger charge is -2.33. The zero-order valence-corrected chi connectivity index (χ0v) is 27.1. The largest absolute Gasteiger partial charge is 0.497 e. The molecule has 0 saturated heterocycles. The van der Waals surface area contributed by atoms with Crippen molar-refractivity contribution in [3.8, 4) is 11.5 Å². The van der Waals surface area contributed by atoms with Gasteiger partial charge >= 0.3 is 0 Å². The highest BCUT2D eigenvalue weighted by Gasteiger charge is 2.34. The van der Waals surface area contributed by atoms with Crippen LogP contribution in [0.3, 0.4) is 0 Å². The minimum atomic E-state index is -4.24. The molecule has 11 heteroatoms. The van der Waals surface area contributed by atoms with E-state index in [4.69, 9.17) is 9.47 Å². The Balaban J connectivity index is 1.73. The third kappa shape index (κ3) is 8.08. The summed E-state index contributed by atoms with van der Waals surface area (Å²) in [4.78, 5) is 29.1. The van der Waals surface area contributed by atoms with E-state index in [2.05, 4.69) is 21.2 Å². The molecule has 1 aliphatic rings. The first kappa shape index (κ1) is 32.3. The summed E-state index contributed by atoms with van der Waals surface area (Å²) in [6, 6.07) is 19.3. The fourth-order valence-corrected chi connectivity index (χ4v) is 6.86. The van der Waals surface area contributed by atoms with Gasteiger partial charge in [0, 0.05) is 23.1 Å². The number of nitrogens with zero attached hydrogens (tertiary/aromatic N) is 2. The van der Waals surface area contributed by atoms with Gasteiger partial charge in [-0.3, -0.25) is 13.9 Å². The van der Waals surface area contributed by atoms with Crippen molar-refractivity contribution in [3.63, 3.8) is 0 Å². The van der Waals surface area contributed by atoms with E-state index in [0.29, 0.717) is 5.75 Å². The zero-order chi connectivity index (χ0) is 31.0. The lowest BCUT2D eigenvalue weighted by Crippen LogP contribution is -2.53. The maximum Gasteiger partial charge on any atom is 0.264 e. The van der Waals surface area contributed by atoms with Gasteiger partial charge in [0.25, 0.3) is 10.0 Å². The van der Waals surface area contributed by atoms with Gasteiger partial charge in [0.2, 0.25) is 11.8 Å². The maximum absolute atomic E-state index is 14.2. The molecule has 0 unspecified atom stereocenters. The zero-order valence-electron chi connectivity index (χ0n) is 24.7. The molecule has 1 fully saturated rings. The summed E-state index contributed by atoms with van der Waals surface area (Å²) in [6.07, 6.45) is 5.05. The quantitative estimate of drug-likeness (QED) is 0.272. The van der Waals surface area contributed by atoms with E-state index in [1.165, 1.54) is 37.3 Å². The number of methoxy groups -OCH3 is 2. The molecule has 1 N–H and O–H groups in total. The Morgan fingerprint density at radius 1 is 0.953 bits per heavy atom. The van der Waals surface area contributed by atoms with Gasteiger partial charge in [0.15, 0.2) is 0 Å². The summed E-state index contributed by atoms with van der Waals surface area (Å²) in [7, 11) is -1.34. The number of carbonyl (C=O) groups excluding carboxylic acids is 2. The van der Waals surface area contributed by atoms with E-state index in [0.717, 1.165) is 46.4 Å². The molecule has 9 nitrogen and oxygen atoms in total. The predicted octanol–water partition coefficient (Wildman–Crippen LogP) is 5.53. The number of nitrogens with one attached hydrogen (secondary N) is 1. The molecule has 1 saturated carbocycles. The number of halogens is 1. The van der Waals surface area contributed by atoms with Crippen LogP contribution in [-0.2, 0) is 26.2 Å². The number of hydrogen-bond acceptors (Lipinski definition) is 6. The first-order valence-corrected chi connectivity index (χ1v) is 16.5. The Morgan fingerprint density at radius 3 is 2.26 bits per heavy atom. The highest BCUT2D eigenvalue weighted by molar-refractivity contribution is 9.10. The molecule has 1 atom stereocenters. The van der Waals surface area contributed by atoms with E-state index >= 15 is 0 Å². The number of sulfonamides is 1. The highest BCUT2D eigenvalue weighted by atomic mass is 79.9. The van der Waals surface area contributed by atoms with Crippen molar-refractivity contribution in [1.82, 2.24) is 10.2 Å². The van der Waals surface area contributed by atoms with Crippen LogP contribution in [-0.4, -0.2) is 58.0 Å². The number of carbonyl (C=O) groups is 2. The molecular weight excluding hydrogens is 634 g/mol. The van der Waals surface area contributed by atoms with Gasteiger partial charge in [0.1, 0.15) is 24.1 Å². The van der Waals surface area contributed by atoms with Crippen LogP contribution < -0.4 is 19.1 Å². The molecule has 0 heterocycles. The van der Waals surface area contributed by atoms with Gasteiger partial charge in [-0.25, -0.2) is 8.42 Å². The molecular formula is C32H38BrN3O6S. The molecule has 2 amide bonds. The van der Waals surface area contributed by atoms with Crippen molar-refractivity contribution in [3.05, 3.63) is 82.8 Å². The Kier molecular flexibility index (Phi) is 11.1. The average molecular weight is 673 g/mol. The Bertz CT molecular complexity index is 1500. The van der Waals surface area contributed by atoms with E-state index < -0.39 is 28.5 Å². The van der Waals surface area contributed by atoms with Gasteiger partial charge in [-0.1, -0.05) is 65.5 Å². The van der Waals surface area contributed by atoms with E-state index in [-0.39, 0.29) is 34.8 Å². The van der Waals surface area contributed by atoms with Crippen molar-refractivity contribution in [1.29, 1.82) is 0 Å². The number of benzene rings is 3. The molecule has 43 heavy (non-hydrogen) atoms. The van der Waals surface area contributed by atoms with Crippen LogP contribution in [0.1, 0.15) is 44.6 Å². The first-order chi connectivity index (χ1) is 20.6. The summed E-state index contributed by atoms with van der Waals surface area (Å²) in [5, 5.41) is 3.11. The molecule has 1 aliphatic carbocycles. The Morgan fingerprint density at radius 2 is 1.63 bits per heavy atom. The van der Waals surface area contributed by atoms with E-state index in [1.54, 1.807) is 37.3 Å². The van der Waals surface area contributed by atoms with Crippen LogP contribution >= 0.6 is 15.9 Å². The van der Waals surface area contributed by atoms with Crippen molar-refractivity contribution in [2.75, 3.05) is 25.1 Å². The monoisotopic (exact) mass is 671 g/mol. The van der Waals surface area contributed by atoms with Crippen LogP contribution in [0.4, 0.5) is 5.69 Å². The van der Waals surface area contributed by atoms with Crippen LogP contribution in [0.25, 0.3) is 0 Å². The van der Waals surface area contributed by atoms with Crippen LogP contribution in [0.2, 0.25) is 0 Å². The summed E-state index contributed by atoms with van der Waals surface area (Å²) in [5.74, 6) is -0.175. The van der Waals surface area contributed by atoms with Gasteiger partial charge in [-0.15, -0.1) is 0 Å². The maximum atomic E-state index is 14.2. The normalized spacial score (nSPS) is 14.4. The fourth-order valence-electron chi connectivity index (χ4n) is 5.16. The molecule has 0 aromatic heterocycles. The summed E-state index contributed by atoms with van der Waals surface area (Å²) in [5.41, 5.74) is 0.937. The van der Waals surface area contributed by atoms with Crippen LogP contribution in [0.15, 0.2) is 82.2 Å². The van der Waals surface area contributed by atoms with Gasteiger partial charge in [-0.05, 0) is 61.7 Å². The summed E-state index contributed by atoms with van der Waals surface area (Å²) < 4.78 is 41.0. The standard InChI is InChI=1S/C32H38BrN3O6S/c1-23(32(38)34-26-10-6-4-7-11-26)35(21-24-14-16-25(33)17-15-24)31(37)22-36(43(39,40)28-12-8-5-9-13-28)29-20-27(41-2)18-19-30(29)42-3/h5,8-9,12-20,23,26H,4,6-7,10-11,21-22H2,1-3H3,(H,34,38)/t23-/m1/s1. The topological polar surface area (TPSA) is 105 Å². The minimum absolute atomic E-state index is 0.00947. The smallest absolute Gasteiger partial charge is 0.264 e. The minimum Gasteiger partial charge on any atom is -0.497 e. The third-order valence-corrected chi connectivity index (χ3v) is 9.95. The third-order valence-electron chi connectivity index (χ3n) is 7.65. The fraction of sp³-hybridized carbons (Fsp3) is 0.375. The average Bonchev–Trinajstić information content (AvgIpc) is 3.03. The second kappa shape index (κ2) is 14.7. The van der Waals surface area contributed by atoms with Gasteiger partial charge < -0.3 is 19.7 Å². The van der Waals surface area contributed by atoms with Crippen molar-refractivity contribution in [2.24, 2.45) is 0 Å². The summed E-state index contributed by atoms with van der Waals surface area (Å²) >= 11 is 3.44. The summed E-state index contributed by atoms with van der Waals surface area (Å²) in [6.45, 7) is 1.22. The number of ether oxygens (including phenoxy) is 2. The van der Waals surface area contributed by atoms with Crippen molar-refractivity contribution in [2.45, 2.75) is 62.6 Å². The number of amides is 2. The molecule has 0 bridgehead atoms. The first-order valence-electron chi connectivity index (χ1n) is 14.3. The molecule has 0 aliphatic heterocycles. The molecule has 4 rings (SSSR count). The lowest BCUT2D eigenvalue weighted by atomic mass is 9.95.